The summed E-state index contributed by atoms with van der Waals surface area (Å²) in [5, 5.41) is 0. The average Bonchev–Trinajstić information content (AvgIpc) is 2.48. The quantitative estimate of drug-likeness (QED) is 0.813. The molecule has 19 heavy (non-hydrogen) atoms. The minimum atomic E-state index is 1.02. The molecule has 2 rings (SSSR count). The summed E-state index contributed by atoms with van der Waals surface area (Å²) in [5.41, 5.74) is 4.57. The Bertz CT molecular complexity index is 527. The Labute approximate surface area is 115 Å². The van der Waals surface area contributed by atoms with Crippen molar-refractivity contribution >= 4 is 12.2 Å². The number of hydrogen-bond donors (Lipinski definition) is 0. The van der Waals surface area contributed by atoms with Crippen molar-refractivity contribution < 1.29 is 0 Å². The Morgan fingerprint density at radius 2 is 1.89 bits per heavy atom. The van der Waals surface area contributed by atoms with E-state index in [2.05, 4.69) is 30.0 Å². The highest BCUT2D eigenvalue weighted by Gasteiger charge is 1.92. The topological polar surface area (TPSA) is 25.8 Å². The largest absolute Gasteiger partial charge is 0.264 e. The normalized spacial score (nSPS) is 9.16. The first-order valence-electron chi connectivity index (χ1n) is 6.31. The Kier molecular flexibility index (Phi) is 6.23. The van der Waals surface area contributed by atoms with Crippen LogP contribution in [0.2, 0.25) is 0 Å². The number of aryl methyl sites for hydroxylation is 2. The van der Waals surface area contributed by atoms with Gasteiger partial charge >= 0.3 is 0 Å². The van der Waals surface area contributed by atoms with Crippen LogP contribution < -0.4 is 0 Å². The van der Waals surface area contributed by atoms with E-state index in [4.69, 9.17) is 0 Å². The Morgan fingerprint density at radius 1 is 1.11 bits per heavy atom. The standard InChI is InChI=1S/C9H11N.C8H9N/c1-3-8-5-6-10-7-9(8)4-2;1-3-8-5-4-7(2)9-6-8/h3,5-7H,1,4H2,2H3;3-6H,1H2,2H3. The maximum Gasteiger partial charge on any atom is 0.0373 e. The van der Waals surface area contributed by atoms with Crippen LogP contribution in [-0.4, -0.2) is 9.97 Å². The van der Waals surface area contributed by atoms with Crippen molar-refractivity contribution in [3.8, 4) is 0 Å². The number of nitrogens with zero attached hydrogens (tertiary/aromatic N) is 2. The zero-order chi connectivity index (χ0) is 14.1. The predicted octanol–water partition coefficient (Wildman–Crippen LogP) is 4.32. The van der Waals surface area contributed by atoms with Crippen LogP contribution in [0.25, 0.3) is 12.2 Å². The highest BCUT2D eigenvalue weighted by molar-refractivity contribution is 5.50. The summed E-state index contributed by atoms with van der Waals surface area (Å²) in [6.45, 7) is 11.4. The first kappa shape index (κ1) is 14.8. The molecule has 0 amide bonds. The molecule has 2 heteroatoms. The van der Waals surface area contributed by atoms with Crippen molar-refractivity contribution in [1.82, 2.24) is 9.97 Å². The van der Waals surface area contributed by atoms with Gasteiger partial charge in [-0.3, -0.25) is 9.97 Å². The summed E-state index contributed by atoms with van der Waals surface area (Å²) in [5.74, 6) is 0. The van der Waals surface area contributed by atoms with E-state index in [1.165, 1.54) is 11.1 Å². The fourth-order valence-electron chi connectivity index (χ4n) is 1.53. The van der Waals surface area contributed by atoms with Crippen LogP contribution in [0.3, 0.4) is 0 Å². The van der Waals surface area contributed by atoms with Gasteiger partial charge in [-0.1, -0.05) is 38.3 Å². The van der Waals surface area contributed by atoms with Crippen molar-refractivity contribution in [1.29, 1.82) is 0 Å². The molecule has 0 fully saturated rings. The van der Waals surface area contributed by atoms with Crippen molar-refractivity contribution in [2.75, 3.05) is 0 Å². The molecule has 0 aliphatic heterocycles. The molecule has 0 aliphatic rings. The van der Waals surface area contributed by atoms with E-state index < -0.39 is 0 Å². The Hall–Kier alpha value is -2.22. The van der Waals surface area contributed by atoms with Crippen LogP contribution in [0.5, 0.6) is 0 Å². The molecule has 0 spiro atoms. The van der Waals surface area contributed by atoms with E-state index >= 15 is 0 Å². The van der Waals surface area contributed by atoms with Gasteiger partial charge in [-0.25, -0.2) is 0 Å². The molecule has 2 aromatic heterocycles. The van der Waals surface area contributed by atoms with Crippen molar-refractivity contribution in [3.05, 3.63) is 72.3 Å². The molecule has 0 N–H and O–H groups in total. The SMILES string of the molecule is C=Cc1ccc(C)nc1.C=Cc1ccncc1CC. The molecule has 0 saturated heterocycles. The number of rotatable bonds is 3. The van der Waals surface area contributed by atoms with Gasteiger partial charge in [0.1, 0.15) is 0 Å². The van der Waals surface area contributed by atoms with E-state index in [0.29, 0.717) is 0 Å². The molecule has 2 nitrogen and oxygen atoms in total. The van der Waals surface area contributed by atoms with E-state index in [9.17, 15) is 0 Å². The van der Waals surface area contributed by atoms with Crippen molar-refractivity contribution in [3.63, 3.8) is 0 Å². The average molecular weight is 252 g/mol. The van der Waals surface area contributed by atoms with E-state index in [1.807, 2.05) is 43.6 Å². The van der Waals surface area contributed by atoms with Crippen LogP contribution in [0.4, 0.5) is 0 Å². The lowest BCUT2D eigenvalue weighted by Gasteiger charge is -1.98. The van der Waals surface area contributed by atoms with Crippen LogP contribution >= 0.6 is 0 Å². The number of hydrogen-bond acceptors (Lipinski definition) is 2. The zero-order valence-corrected chi connectivity index (χ0v) is 11.6. The summed E-state index contributed by atoms with van der Waals surface area (Å²) in [4.78, 5) is 8.10. The highest BCUT2D eigenvalue weighted by atomic mass is 14.6. The summed E-state index contributed by atoms with van der Waals surface area (Å²) >= 11 is 0. The van der Waals surface area contributed by atoms with Crippen molar-refractivity contribution in [2.45, 2.75) is 20.3 Å². The lowest BCUT2D eigenvalue weighted by molar-refractivity contribution is 1.10. The molecule has 0 bridgehead atoms. The minimum Gasteiger partial charge on any atom is -0.264 e. The van der Waals surface area contributed by atoms with Gasteiger partial charge in [0.2, 0.25) is 0 Å². The highest BCUT2D eigenvalue weighted by Crippen LogP contribution is 2.07. The second-order valence-electron chi connectivity index (χ2n) is 4.07. The van der Waals surface area contributed by atoms with E-state index in [1.54, 1.807) is 12.3 Å². The van der Waals surface area contributed by atoms with Gasteiger partial charge in [0, 0.05) is 24.3 Å². The maximum atomic E-state index is 4.08. The summed E-state index contributed by atoms with van der Waals surface area (Å²) in [6, 6.07) is 5.94. The second kappa shape index (κ2) is 7.98. The molecule has 98 valence electrons. The number of pyridine rings is 2. The first-order valence-corrected chi connectivity index (χ1v) is 6.31. The smallest absolute Gasteiger partial charge is 0.0373 e. The van der Waals surface area contributed by atoms with Crippen LogP contribution in [0.1, 0.15) is 29.3 Å². The third kappa shape index (κ3) is 4.88. The molecule has 0 atom stereocenters. The van der Waals surface area contributed by atoms with Gasteiger partial charge in [0.15, 0.2) is 0 Å². The van der Waals surface area contributed by atoms with Gasteiger partial charge in [-0.05, 0) is 42.2 Å². The predicted molar refractivity (Wildman–Crippen MR) is 82.8 cm³/mol. The Balaban J connectivity index is 0.000000191. The fourth-order valence-corrected chi connectivity index (χ4v) is 1.53. The van der Waals surface area contributed by atoms with Gasteiger partial charge in [-0.2, -0.15) is 0 Å². The summed E-state index contributed by atoms with van der Waals surface area (Å²) in [6.07, 6.45) is 10.2. The van der Waals surface area contributed by atoms with E-state index in [0.717, 1.165) is 17.7 Å². The zero-order valence-electron chi connectivity index (χ0n) is 11.6. The Morgan fingerprint density at radius 3 is 2.37 bits per heavy atom. The molecular formula is C17H20N2. The van der Waals surface area contributed by atoms with Crippen LogP contribution in [-0.2, 0) is 6.42 Å². The van der Waals surface area contributed by atoms with Gasteiger partial charge in [-0.15, -0.1) is 0 Å². The van der Waals surface area contributed by atoms with Gasteiger partial charge < -0.3 is 0 Å². The van der Waals surface area contributed by atoms with E-state index in [-0.39, 0.29) is 0 Å². The second-order valence-corrected chi connectivity index (χ2v) is 4.07. The fraction of sp³-hybridized carbons (Fsp3) is 0.176. The summed E-state index contributed by atoms with van der Waals surface area (Å²) < 4.78 is 0. The molecule has 2 heterocycles. The lowest BCUT2D eigenvalue weighted by atomic mass is 10.1. The van der Waals surface area contributed by atoms with Gasteiger partial charge in [0.25, 0.3) is 0 Å². The molecular weight excluding hydrogens is 232 g/mol. The lowest BCUT2D eigenvalue weighted by Crippen LogP contribution is -1.85. The summed E-state index contributed by atoms with van der Waals surface area (Å²) in [7, 11) is 0. The molecule has 2 aromatic rings. The maximum absolute atomic E-state index is 4.08. The van der Waals surface area contributed by atoms with Gasteiger partial charge in [0.05, 0.1) is 0 Å². The van der Waals surface area contributed by atoms with Crippen LogP contribution in [0.15, 0.2) is 49.9 Å². The van der Waals surface area contributed by atoms with Crippen molar-refractivity contribution in [2.24, 2.45) is 0 Å². The third-order valence-electron chi connectivity index (χ3n) is 2.71. The molecule has 0 saturated carbocycles. The number of aromatic nitrogens is 2. The molecule has 0 aromatic carbocycles. The monoisotopic (exact) mass is 252 g/mol. The minimum absolute atomic E-state index is 1.02. The molecule has 0 radical (unpaired) electrons. The molecule has 0 unspecified atom stereocenters. The van der Waals surface area contributed by atoms with Crippen LogP contribution in [0, 0.1) is 6.92 Å². The molecule has 0 aliphatic carbocycles. The third-order valence-corrected chi connectivity index (χ3v) is 2.71. The first-order chi connectivity index (χ1) is 9.21.